The molecule has 0 aromatic carbocycles. The normalized spacial score (nSPS) is 16.3. The van der Waals surface area contributed by atoms with Crippen molar-refractivity contribution in [3.05, 3.63) is 33.5 Å². The summed E-state index contributed by atoms with van der Waals surface area (Å²) in [5.41, 5.74) is 2.33. The van der Waals surface area contributed by atoms with Crippen molar-refractivity contribution in [2.75, 3.05) is 25.0 Å². The Labute approximate surface area is 142 Å². The molecule has 0 bridgehead atoms. The minimum Gasteiger partial charge on any atom is -0.341 e. The lowest BCUT2D eigenvalue weighted by Gasteiger charge is -2.24. The summed E-state index contributed by atoms with van der Waals surface area (Å²) in [6.07, 6.45) is 6.42. The van der Waals surface area contributed by atoms with Crippen LogP contribution in [0.4, 0.5) is 5.95 Å². The molecule has 0 radical (unpaired) electrons. The maximum Gasteiger partial charge on any atom is 0.225 e. The zero-order valence-electron chi connectivity index (χ0n) is 14.4. The number of thiazole rings is 1. The van der Waals surface area contributed by atoms with Crippen molar-refractivity contribution in [3.8, 4) is 0 Å². The van der Waals surface area contributed by atoms with Gasteiger partial charge in [-0.3, -0.25) is 4.90 Å². The van der Waals surface area contributed by atoms with Crippen LogP contribution in [-0.2, 0) is 6.54 Å². The third-order valence-electron chi connectivity index (χ3n) is 4.51. The number of nitrogens with zero attached hydrogens (tertiary/aromatic N) is 5. The maximum absolute atomic E-state index is 4.68. The van der Waals surface area contributed by atoms with E-state index in [-0.39, 0.29) is 0 Å². The van der Waals surface area contributed by atoms with Gasteiger partial charge in [0, 0.05) is 42.5 Å². The highest BCUT2D eigenvalue weighted by Crippen LogP contribution is 2.27. The fraction of sp³-hybridized carbons (Fsp3) is 0.588. The van der Waals surface area contributed by atoms with Gasteiger partial charge in [0.1, 0.15) is 0 Å². The van der Waals surface area contributed by atoms with E-state index < -0.39 is 0 Å². The Balaban J connectivity index is 1.65. The molecule has 2 aromatic heterocycles. The molecule has 3 rings (SSSR count). The quantitative estimate of drug-likeness (QED) is 0.841. The van der Waals surface area contributed by atoms with Gasteiger partial charge in [-0.1, -0.05) is 0 Å². The molecule has 2 aromatic rings. The molecule has 1 atom stereocenters. The Hall–Kier alpha value is -1.53. The Morgan fingerprint density at radius 1 is 1.22 bits per heavy atom. The standard InChI is InChI=1S/C17H25N5S/c1-12(16-13(2)23-14(3)20-16)21(4)11-15-9-18-17(19-10-15)22-7-5-6-8-22/h9-10,12H,5-8,11H2,1-4H3. The van der Waals surface area contributed by atoms with Gasteiger partial charge in [-0.25, -0.2) is 15.0 Å². The first-order valence-corrected chi connectivity index (χ1v) is 9.06. The SMILES string of the molecule is Cc1nc(C(C)N(C)Cc2cnc(N3CCCC3)nc2)c(C)s1. The smallest absolute Gasteiger partial charge is 0.225 e. The van der Waals surface area contributed by atoms with Crippen LogP contribution in [-0.4, -0.2) is 40.0 Å². The van der Waals surface area contributed by atoms with E-state index in [1.807, 2.05) is 12.4 Å². The minimum absolute atomic E-state index is 0.290. The second-order valence-corrected chi connectivity index (χ2v) is 7.76. The molecule has 6 heteroatoms. The van der Waals surface area contributed by atoms with E-state index in [2.05, 4.69) is 52.6 Å². The Bertz CT molecular complexity index is 646. The van der Waals surface area contributed by atoms with Crippen molar-refractivity contribution in [1.29, 1.82) is 0 Å². The molecule has 23 heavy (non-hydrogen) atoms. The molecule has 1 saturated heterocycles. The first-order valence-electron chi connectivity index (χ1n) is 8.24. The average Bonchev–Trinajstić information content (AvgIpc) is 3.17. The zero-order chi connectivity index (χ0) is 16.4. The van der Waals surface area contributed by atoms with Gasteiger partial charge in [0.05, 0.1) is 16.7 Å². The average molecular weight is 331 g/mol. The number of hydrogen-bond donors (Lipinski definition) is 0. The fourth-order valence-electron chi connectivity index (χ4n) is 3.08. The second-order valence-electron chi connectivity index (χ2n) is 6.35. The number of hydrogen-bond acceptors (Lipinski definition) is 6. The van der Waals surface area contributed by atoms with Crippen LogP contribution >= 0.6 is 11.3 Å². The molecule has 3 heterocycles. The van der Waals surface area contributed by atoms with Crippen LogP contribution in [0.1, 0.15) is 46.9 Å². The Morgan fingerprint density at radius 3 is 2.43 bits per heavy atom. The highest BCUT2D eigenvalue weighted by atomic mass is 32.1. The molecule has 1 aliphatic rings. The summed E-state index contributed by atoms with van der Waals surface area (Å²) in [6, 6.07) is 0.290. The summed E-state index contributed by atoms with van der Waals surface area (Å²) in [4.78, 5) is 19.6. The molecule has 0 saturated carbocycles. The lowest BCUT2D eigenvalue weighted by molar-refractivity contribution is 0.248. The van der Waals surface area contributed by atoms with Crippen molar-refractivity contribution in [1.82, 2.24) is 19.9 Å². The van der Waals surface area contributed by atoms with Gasteiger partial charge in [-0.2, -0.15) is 0 Å². The molecular formula is C17H25N5S. The van der Waals surface area contributed by atoms with Crippen molar-refractivity contribution in [3.63, 3.8) is 0 Å². The summed E-state index contributed by atoms with van der Waals surface area (Å²) in [5, 5.41) is 1.14. The molecule has 0 aliphatic carbocycles. The van der Waals surface area contributed by atoms with Crippen LogP contribution in [0.2, 0.25) is 0 Å². The third kappa shape index (κ3) is 3.70. The predicted octanol–water partition coefficient (Wildman–Crippen LogP) is 3.34. The summed E-state index contributed by atoms with van der Waals surface area (Å²) < 4.78 is 0. The lowest BCUT2D eigenvalue weighted by atomic mass is 10.2. The second kappa shape index (κ2) is 6.93. The van der Waals surface area contributed by atoms with Gasteiger partial charge < -0.3 is 4.90 Å². The van der Waals surface area contributed by atoms with Crippen molar-refractivity contribution in [2.45, 2.75) is 46.2 Å². The summed E-state index contributed by atoms with van der Waals surface area (Å²) in [7, 11) is 2.13. The van der Waals surface area contributed by atoms with Gasteiger partial charge in [0.2, 0.25) is 5.95 Å². The van der Waals surface area contributed by atoms with Crippen molar-refractivity contribution >= 4 is 17.3 Å². The first kappa shape index (κ1) is 16.3. The van der Waals surface area contributed by atoms with Crippen molar-refractivity contribution in [2.24, 2.45) is 0 Å². The van der Waals surface area contributed by atoms with Crippen LogP contribution in [0, 0.1) is 13.8 Å². The number of aromatic nitrogens is 3. The van der Waals surface area contributed by atoms with Crippen LogP contribution in [0.25, 0.3) is 0 Å². The van der Waals surface area contributed by atoms with Gasteiger partial charge >= 0.3 is 0 Å². The molecule has 1 fully saturated rings. The third-order valence-corrected chi connectivity index (χ3v) is 5.41. The van der Waals surface area contributed by atoms with E-state index >= 15 is 0 Å². The van der Waals surface area contributed by atoms with Gasteiger partial charge in [0.15, 0.2) is 0 Å². The molecule has 1 aliphatic heterocycles. The number of aryl methyl sites for hydroxylation is 2. The predicted molar refractivity (Wildman–Crippen MR) is 94.9 cm³/mol. The van der Waals surface area contributed by atoms with Crippen LogP contribution < -0.4 is 4.90 Å². The van der Waals surface area contributed by atoms with Crippen molar-refractivity contribution < 1.29 is 0 Å². The summed E-state index contributed by atoms with van der Waals surface area (Å²) in [6.45, 7) is 9.42. The molecule has 5 nitrogen and oxygen atoms in total. The molecule has 0 amide bonds. The maximum atomic E-state index is 4.68. The Kier molecular flexibility index (Phi) is 4.92. The highest BCUT2D eigenvalue weighted by molar-refractivity contribution is 7.11. The van der Waals surface area contributed by atoms with E-state index in [9.17, 15) is 0 Å². The molecule has 0 spiro atoms. The fourth-order valence-corrected chi connectivity index (χ4v) is 3.98. The van der Waals surface area contributed by atoms with Crippen LogP contribution in [0.3, 0.4) is 0 Å². The number of rotatable bonds is 5. The van der Waals surface area contributed by atoms with Gasteiger partial charge in [-0.15, -0.1) is 11.3 Å². The molecular weight excluding hydrogens is 306 g/mol. The van der Waals surface area contributed by atoms with E-state index in [0.29, 0.717) is 6.04 Å². The van der Waals surface area contributed by atoms with E-state index in [1.54, 1.807) is 11.3 Å². The summed E-state index contributed by atoms with van der Waals surface area (Å²) >= 11 is 1.77. The van der Waals surface area contributed by atoms with E-state index in [4.69, 9.17) is 0 Å². The number of anilines is 1. The molecule has 0 N–H and O–H groups in total. The largest absolute Gasteiger partial charge is 0.341 e. The van der Waals surface area contributed by atoms with Gasteiger partial charge in [-0.05, 0) is 40.7 Å². The van der Waals surface area contributed by atoms with Crippen LogP contribution in [0.15, 0.2) is 12.4 Å². The molecule has 1 unspecified atom stereocenters. The van der Waals surface area contributed by atoms with Gasteiger partial charge in [0.25, 0.3) is 0 Å². The van der Waals surface area contributed by atoms with E-state index in [1.165, 1.54) is 23.4 Å². The van der Waals surface area contributed by atoms with Crippen LogP contribution in [0.5, 0.6) is 0 Å². The minimum atomic E-state index is 0.290. The topological polar surface area (TPSA) is 45.2 Å². The summed E-state index contributed by atoms with van der Waals surface area (Å²) in [5.74, 6) is 0.868. The van der Waals surface area contributed by atoms with E-state index in [0.717, 1.165) is 36.2 Å². The zero-order valence-corrected chi connectivity index (χ0v) is 15.2. The highest BCUT2D eigenvalue weighted by Gasteiger charge is 2.19. The monoisotopic (exact) mass is 331 g/mol. The molecule has 124 valence electrons. The Morgan fingerprint density at radius 2 is 1.87 bits per heavy atom. The first-order chi connectivity index (χ1) is 11.0. The lowest BCUT2D eigenvalue weighted by Crippen LogP contribution is -2.24.